The number of rotatable bonds is 2. The summed E-state index contributed by atoms with van der Waals surface area (Å²) >= 11 is 3.29. The van der Waals surface area contributed by atoms with Gasteiger partial charge in [0.15, 0.2) is 11.5 Å². The number of benzene rings is 1. The zero-order chi connectivity index (χ0) is 14.7. The van der Waals surface area contributed by atoms with Crippen LogP contribution in [0, 0.1) is 0 Å². The smallest absolute Gasteiger partial charge is 0.274 e. The third-order valence-corrected chi connectivity index (χ3v) is 3.43. The van der Waals surface area contributed by atoms with Gasteiger partial charge in [0.1, 0.15) is 5.69 Å². The number of fused-ring (bicyclic) bond motifs is 1. The largest absolute Gasteiger partial charge is 0.490 e. The molecule has 2 heterocycles. The average molecular weight is 349 g/mol. The highest BCUT2D eigenvalue weighted by molar-refractivity contribution is 9.10. The first kappa shape index (κ1) is 13.9. The first-order valence-electron chi connectivity index (χ1n) is 6.55. The van der Waals surface area contributed by atoms with Gasteiger partial charge in [-0.05, 0) is 40.2 Å². The van der Waals surface area contributed by atoms with Crippen LogP contribution in [-0.4, -0.2) is 24.1 Å². The summed E-state index contributed by atoms with van der Waals surface area (Å²) in [7, 11) is 0. The molecule has 0 saturated carbocycles. The second-order valence-corrected chi connectivity index (χ2v) is 5.44. The summed E-state index contributed by atoms with van der Waals surface area (Å²) in [5.41, 5.74) is 0.999. The van der Waals surface area contributed by atoms with Crippen molar-refractivity contribution < 1.29 is 14.3 Å². The number of carbonyl (C=O) groups is 1. The summed E-state index contributed by atoms with van der Waals surface area (Å²) in [6, 6.07) is 8.77. The standard InChI is InChI=1S/C15H13BrN2O3/c16-10-2-4-12(17-9-10)15(19)18-11-3-5-13-14(8-11)21-7-1-6-20-13/h2-5,8-9H,1,6-7H2,(H,18,19). The van der Waals surface area contributed by atoms with Crippen molar-refractivity contribution in [3.05, 3.63) is 46.7 Å². The lowest BCUT2D eigenvalue weighted by molar-refractivity contribution is 0.102. The Morgan fingerprint density at radius 3 is 2.71 bits per heavy atom. The van der Waals surface area contributed by atoms with Gasteiger partial charge in [0.05, 0.1) is 13.2 Å². The van der Waals surface area contributed by atoms with Gasteiger partial charge in [0, 0.05) is 28.8 Å². The summed E-state index contributed by atoms with van der Waals surface area (Å²) in [5.74, 6) is 1.08. The Bertz CT molecular complexity index is 658. The predicted octanol–water partition coefficient (Wildman–Crippen LogP) is 3.26. The predicted molar refractivity (Wildman–Crippen MR) is 81.9 cm³/mol. The van der Waals surface area contributed by atoms with E-state index in [1.54, 1.807) is 36.5 Å². The van der Waals surface area contributed by atoms with Gasteiger partial charge in [0.25, 0.3) is 5.91 Å². The lowest BCUT2D eigenvalue weighted by atomic mass is 10.2. The van der Waals surface area contributed by atoms with E-state index in [-0.39, 0.29) is 5.91 Å². The Hall–Kier alpha value is -2.08. The van der Waals surface area contributed by atoms with Crippen LogP contribution in [0.25, 0.3) is 0 Å². The average Bonchev–Trinajstić information content (AvgIpc) is 2.72. The fourth-order valence-corrected chi connectivity index (χ4v) is 2.18. The fraction of sp³-hybridized carbons (Fsp3) is 0.200. The minimum absolute atomic E-state index is 0.267. The van der Waals surface area contributed by atoms with Gasteiger partial charge in [-0.1, -0.05) is 0 Å². The summed E-state index contributed by atoms with van der Waals surface area (Å²) in [6.45, 7) is 1.25. The number of carbonyl (C=O) groups excluding carboxylic acids is 1. The van der Waals surface area contributed by atoms with Crippen molar-refractivity contribution in [2.75, 3.05) is 18.5 Å². The molecule has 0 fully saturated rings. The molecule has 1 amide bonds. The second-order valence-electron chi connectivity index (χ2n) is 4.53. The van der Waals surface area contributed by atoms with Crippen molar-refractivity contribution in [3.63, 3.8) is 0 Å². The van der Waals surface area contributed by atoms with E-state index < -0.39 is 0 Å². The molecule has 5 nitrogen and oxygen atoms in total. The number of amides is 1. The molecule has 1 aromatic carbocycles. The number of ether oxygens (including phenoxy) is 2. The summed E-state index contributed by atoms with van der Waals surface area (Å²) in [5, 5.41) is 2.80. The van der Waals surface area contributed by atoms with E-state index in [0.717, 1.165) is 10.9 Å². The molecule has 2 aromatic rings. The highest BCUT2D eigenvalue weighted by Gasteiger charge is 2.13. The third kappa shape index (κ3) is 3.33. The van der Waals surface area contributed by atoms with Gasteiger partial charge in [-0.15, -0.1) is 0 Å². The molecule has 0 spiro atoms. The minimum Gasteiger partial charge on any atom is -0.490 e. The van der Waals surface area contributed by atoms with Crippen LogP contribution >= 0.6 is 15.9 Å². The molecule has 0 bridgehead atoms. The molecule has 108 valence electrons. The van der Waals surface area contributed by atoms with Crippen molar-refractivity contribution in [2.24, 2.45) is 0 Å². The second kappa shape index (κ2) is 6.13. The zero-order valence-corrected chi connectivity index (χ0v) is 12.7. The maximum Gasteiger partial charge on any atom is 0.274 e. The quantitative estimate of drug-likeness (QED) is 0.904. The Morgan fingerprint density at radius 1 is 1.14 bits per heavy atom. The Morgan fingerprint density at radius 2 is 1.95 bits per heavy atom. The molecular weight excluding hydrogens is 336 g/mol. The monoisotopic (exact) mass is 348 g/mol. The number of halogens is 1. The first-order chi connectivity index (χ1) is 10.2. The zero-order valence-electron chi connectivity index (χ0n) is 11.1. The summed E-state index contributed by atoms with van der Waals surface area (Å²) in [4.78, 5) is 16.2. The number of anilines is 1. The number of aromatic nitrogens is 1. The maximum atomic E-state index is 12.1. The Labute approximate surface area is 130 Å². The molecule has 0 atom stereocenters. The number of nitrogens with one attached hydrogen (secondary N) is 1. The highest BCUT2D eigenvalue weighted by Crippen LogP contribution is 2.32. The van der Waals surface area contributed by atoms with Crippen LogP contribution < -0.4 is 14.8 Å². The Balaban J connectivity index is 1.77. The third-order valence-electron chi connectivity index (χ3n) is 2.97. The van der Waals surface area contributed by atoms with E-state index in [1.807, 2.05) is 0 Å². The molecule has 1 aromatic heterocycles. The normalized spacial score (nSPS) is 13.4. The summed E-state index contributed by atoms with van der Waals surface area (Å²) < 4.78 is 12.0. The molecule has 6 heteroatoms. The van der Waals surface area contributed by atoms with Crippen molar-refractivity contribution in [2.45, 2.75) is 6.42 Å². The number of hydrogen-bond acceptors (Lipinski definition) is 4. The van der Waals surface area contributed by atoms with Crippen molar-refractivity contribution in [1.82, 2.24) is 4.98 Å². The van der Waals surface area contributed by atoms with E-state index in [0.29, 0.717) is 36.1 Å². The summed E-state index contributed by atoms with van der Waals surface area (Å²) in [6.07, 6.45) is 2.43. The Kier molecular flexibility index (Phi) is 4.06. The van der Waals surface area contributed by atoms with Crippen molar-refractivity contribution >= 4 is 27.5 Å². The molecule has 1 aliphatic heterocycles. The fourth-order valence-electron chi connectivity index (χ4n) is 1.95. The van der Waals surface area contributed by atoms with Gasteiger partial charge in [-0.3, -0.25) is 4.79 Å². The molecule has 1 N–H and O–H groups in total. The van der Waals surface area contributed by atoms with Crippen LogP contribution in [-0.2, 0) is 0 Å². The molecular formula is C15H13BrN2O3. The van der Waals surface area contributed by atoms with Crippen LogP contribution in [0.15, 0.2) is 41.0 Å². The van der Waals surface area contributed by atoms with E-state index in [1.165, 1.54) is 0 Å². The number of pyridine rings is 1. The van der Waals surface area contributed by atoms with E-state index in [4.69, 9.17) is 9.47 Å². The SMILES string of the molecule is O=C(Nc1ccc2c(c1)OCCCO2)c1ccc(Br)cn1. The van der Waals surface area contributed by atoms with E-state index in [9.17, 15) is 4.79 Å². The number of hydrogen-bond donors (Lipinski definition) is 1. The molecule has 21 heavy (non-hydrogen) atoms. The highest BCUT2D eigenvalue weighted by atomic mass is 79.9. The van der Waals surface area contributed by atoms with Crippen LogP contribution in [0.2, 0.25) is 0 Å². The van der Waals surface area contributed by atoms with Crippen LogP contribution in [0.3, 0.4) is 0 Å². The first-order valence-corrected chi connectivity index (χ1v) is 7.34. The topological polar surface area (TPSA) is 60.5 Å². The van der Waals surface area contributed by atoms with Crippen LogP contribution in [0.4, 0.5) is 5.69 Å². The lowest BCUT2D eigenvalue weighted by Gasteiger charge is -2.10. The number of nitrogens with zero attached hydrogens (tertiary/aromatic N) is 1. The van der Waals surface area contributed by atoms with E-state index in [2.05, 4.69) is 26.2 Å². The van der Waals surface area contributed by atoms with E-state index >= 15 is 0 Å². The molecule has 0 saturated heterocycles. The molecule has 1 aliphatic rings. The van der Waals surface area contributed by atoms with Crippen molar-refractivity contribution in [1.29, 1.82) is 0 Å². The van der Waals surface area contributed by atoms with Crippen LogP contribution in [0.1, 0.15) is 16.9 Å². The van der Waals surface area contributed by atoms with Gasteiger partial charge >= 0.3 is 0 Å². The molecule has 0 radical (unpaired) electrons. The molecule has 0 aliphatic carbocycles. The van der Waals surface area contributed by atoms with Crippen molar-refractivity contribution in [3.8, 4) is 11.5 Å². The van der Waals surface area contributed by atoms with Gasteiger partial charge < -0.3 is 14.8 Å². The van der Waals surface area contributed by atoms with Crippen LogP contribution in [0.5, 0.6) is 11.5 Å². The minimum atomic E-state index is -0.267. The maximum absolute atomic E-state index is 12.1. The van der Waals surface area contributed by atoms with Gasteiger partial charge in [-0.2, -0.15) is 0 Å². The van der Waals surface area contributed by atoms with Gasteiger partial charge in [-0.25, -0.2) is 4.98 Å². The lowest BCUT2D eigenvalue weighted by Crippen LogP contribution is -2.13. The molecule has 0 unspecified atom stereocenters. The van der Waals surface area contributed by atoms with Gasteiger partial charge in [0.2, 0.25) is 0 Å². The molecule has 3 rings (SSSR count).